The Bertz CT molecular complexity index is 597. The lowest BCUT2D eigenvalue weighted by atomic mass is 10.2. The van der Waals surface area contributed by atoms with Crippen molar-refractivity contribution in [1.29, 1.82) is 0 Å². The number of nitrogens with zero attached hydrogens (tertiary/aromatic N) is 3. The Balaban J connectivity index is 2.13. The number of hydrogen-bond donors (Lipinski definition) is 2. The molecule has 0 aliphatic heterocycles. The van der Waals surface area contributed by atoms with E-state index < -0.39 is 5.97 Å². The Morgan fingerprint density at radius 1 is 1.57 bits per heavy atom. The van der Waals surface area contributed by atoms with E-state index in [0.717, 1.165) is 0 Å². The van der Waals surface area contributed by atoms with Crippen LogP contribution in [0.4, 0.5) is 11.5 Å². The normalized spacial score (nSPS) is 11.9. The summed E-state index contributed by atoms with van der Waals surface area (Å²) < 4.78 is 6.96. The van der Waals surface area contributed by atoms with Gasteiger partial charge < -0.3 is 20.4 Å². The van der Waals surface area contributed by atoms with E-state index in [9.17, 15) is 4.79 Å². The minimum Gasteiger partial charge on any atom is -0.462 e. The Morgan fingerprint density at radius 2 is 2.38 bits per heavy atom. The van der Waals surface area contributed by atoms with Gasteiger partial charge in [-0.25, -0.2) is 14.8 Å². The lowest BCUT2D eigenvalue weighted by molar-refractivity contribution is 0.0527. The molecule has 3 N–H and O–H groups in total. The summed E-state index contributed by atoms with van der Waals surface area (Å²) in [6.07, 6.45) is 6.84. The van der Waals surface area contributed by atoms with E-state index in [4.69, 9.17) is 10.5 Å². The topological polar surface area (TPSA) is 95.1 Å². The molecule has 2 heterocycles. The summed E-state index contributed by atoms with van der Waals surface area (Å²) >= 11 is 0. The molecule has 2 rings (SSSR count). The highest BCUT2D eigenvalue weighted by Crippen LogP contribution is 2.18. The zero-order valence-corrected chi connectivity index (χ0v) is 12.1. The summed E-state index contributed by atoms with van der Waals surface area (Å²) in [7, 11) is 0. The van der Waals surface area contributed by atoms with Crippen LogP contribution in [0.25, 0.3) is 0 Å². The second-order valence-electron chi connectivity index (χ2n) is 4.69. The van der Waals surface area contributed by atoms with Crippen LogP contribution in [0.2, 0.25) is 0 Å². The summed E-state index contributed by atoms with van der Waals surface area (Å²) in [4.78, 5) is 20.1. The number of aromatic nitrogens is 3. The average molecular weight is 289 g/mol. The van der Waals surface area contributed by atoms with Crippen LogP contribution in [0, 0.1) is 0 Å². The van der Waals surface area contributed by atoms with Crippen molar-refractivity contribution in [3.05, 3.63) is 36.5 Å². The molecule has 0 saturated carbocycles. The van der Waals surface area contributed by atoms with Gasteiger partial charge in [0.1, 0.15) is 11.4 Å². The molecule has 0 saturated heterocycles. The maximum Gasteiger partial charge on any atom is 0.341 e. The predicted molar refractivity (Wildman–Crippen MR) is 79.9 cm³/mol. The number of carbonyl (C=O) groups is 1. The van der Waals surface area contributed by atoms with Crippen LogP contribution in [-0.4, -0.2) is 33.2 Å². The van der Waals surface area contributed by atoms with Gasteiger partial charge in [0.15, 0.2) is 0 Å². The molecule has 0 fully saturated rings. The molecule has 0 amide bonds. The van der Waals surface area contributed by atoms with Gasteiger partial charge in [-0.2, -0.15) is 0 Å². The molecule has 1 atom stereocenters. The first-order valence-corrected chi connectivity index (χ1v) is 6.75. The van der Waals surface area contributed by atoms with Gasteiger partial charge >= 0.3 is 5.97 Å². The van der Waals surface area contributed by atoms with E-state index in [1.165, 1.54) is 6.20 Å². The first kappa shape index (κ1) is 14.8. The molecule has 0 spiro atoms. The number of imidazole rings is 1. The van der Waals surface area contributed by atoms with E-state index in [1.54, 1.807) is 25.5 Å². The fourth-order valence-electron chi connectivity index (χ4n) is 1.95. The molecule has 7 nitrogen and oxygen atoms in total. The van der Waals surface area contributed by atoms with Gasteiger partial charge in [0, 0.05) is 25.0 Å². The van der Waals surface area contributed by atoms with Crippen molar-refractivity contribution in [2.45, 2.75) is 26.4 Å². The van der Waals surface area contributed by atoms with Crippen molar-refractivity contribution in [3.8, 4) is 0 Å². The molecule has 21 heavy (non-hydrogen) atoms. The van der Waals surface area contributed by atoms with Crippen LogP contribution in [0.3, 0.4) is 0 Å². The number of ether oxygens (including phenoxy) is 1. The van der Waals surface area contributed by atoms with E-state index in [2.05, 4.69) is 15.3 Å². The van der Waals surface area contributed by atoms with Crippen molar-refractivity contribution in [3.63, 3.8) is 0 Å². The van der Waals surface area contributed by atoms with Gasteiger partial charge in [0.2, 0.25) is 0 Å². The number of nitrogen functional groups attached to an aromatic ring is 1. The molecular weight excluding hydrogens is 270 g/mol. The molecule has 1 unspecified atom stereocenters. The minimum absolute atomic E-state index is 0.0588. The third-order valence-electron chi connectivity index (χ3n) is 2.83. The number of nitrogens with one attached hydrogen (secondary N) is 1. The molecule has 7 heteroatoms. The highest BCUT2D eigenvalue weighted by Gasteiger charge is 2.16. The number of anilines is 2. The van der Waals surface area contributed by atoms with Crippen LogP contribution >= 0.6 is 0 Å². The Labute approximate surface area is 123 Å². The number of nitrogens with two attached hydrogens (primary N) is 1. The predicted octanol–water partition coefficient (Wildman–Crippen LogP) is 1.54. The zero-order chi connectivity index (χ0) is 15.2. The number of carbonyl (C=O) groups excluding carboxylic acids is 1. The van der Waals surface area contributed by atoms with Gasteiger partial charge in [-0.05, 0) is 19.9 Å². The van der Waals surface area contributed by atoms with Crippen LogP contribution < -0.4 is 11.1 Å². The SMILES string of the molecule is CCOC(=O)c1cc(N)cnc1NC(C)Cn1ccnc1. The van der Waals surface area contributed by atoms with Gasteiger partial charge in [-0.3, -0.25) is 0 Å². The Kier molecular flexibility index (Phi) is 4.76. The lowest BCUT2D eigenvalue weighted by Gasteiger charge is -2.17. The molecule has 0 aromatic carbocycles. The van der Waals surface area contributed by atoms with Crippen molar-refractivity contribution in [2.24, 2.45) is 0 Å². The summed E-state index contributed by atoms with van der Waals surface area (Å²) in [5, 5.41) is 3.20. The highest BCUT2D eigenvalue weighted by atomic mass is 16.5. The van der Waals surface area contributed by atoms with Gasteiger partial charge in [-0.15, -0.1) is 0 Å². The molecule has 2 aromatic heterocycles. The monoisotopic (exact) mass is 289 g/mol. The molecule has 0 radical (unpaired) electrons. The summed E-state index contributed by atoms with van der Waals surface area (Å²) in [5.41, 5.74) is 6.46. The van der Waals surface area contributed by atoms with Crippen molar-refractivity contribution < 1.29 is 9.53 Å². The number of hydrogen-bond acceptors (Lipinski definition) is 6. The van der Waals surface area contributed by atoms with Crippen LogP contribution in [0.5, 0.6) is 0 Å². The quantitative estimate of drug-likeness (QED) is 0.783. The third-order valence-corrected chi connectivity index (χ3v) is 2.83. The van der Waals surface area contributed by atoms with Gasteiger partial charge in [-0.1, -0.05) is 0 Å². The average Bonchev–Trinajstić information content (AvgIpc) is 2.93. The largest absolute Gasteiger partial charge is 0.462 e. The zero-order valence-electron chi connectivity index (χ0n) is 12.1. The van der Waals surface area contributed by atoms with E-state index in [1.807, 2.05) is 17.7 Å². The van der Waals surface area contributed by atoms with Crippen LogP contribution in [0.1, 0.15) is 24.2 Å². The van der Waals surface area contributed by atoms with Crippen LogP contribution in [-0.2, 0) is 11.3 Å². The first-order valence-electron chi connectivity index (χ1n) is 6.75. The Hall–Kier alpha value is -2.57. The second kappa shape index (κ2) is 6.74. The second-order valence-corrected chi connectivity index (χ2v) is 4.69. The molecule has 0 aliphatic carbocycles. The van der Waals surface area contributed by atoms with Gasteiger partial charge in [0.05, 0.1) is 24.8 Å². The molecule has 2 aromatic rings. The minimum atomic E-state index is -0.436. The standard InChI is InChI=1S/C14H19N5O2/c1-3-21-14(20)12-6-11(15)7-17-13(12)18-10(2)8-19-5-4-16-9-19/h4-7,9-10H,3,8,15H2,1-2H3,(H,17,18). The van der Waals surface area contributed by atoms with E-state index in [-0.39, 0.29) is 6.04 Å². The number of pyridine rings is 1. The number of rotatable bonds is 6. The summed E-state index contributed by atoms with van der Waals surface area (Å²) in [6, 6.07) is 1.63. The lowest BCUT2D eigenvalue weighted by Crippen LogP contribution is -2.24. The van der Waals surface area contributed by atoms with E-state index >= 15 is 0 Å². The first-order chi connectivity index (χ1) is 10.1. The smallest absolute Gasteiger partial charge is 0.341 e. The molecule has 112 valence electrons. The Morgan fingerprint density at radius 3 is 3.05 bits per heavy atom. The number of esters is 1. The molecule has 0 bridgehead atoms. The highest BCUT2D eigenvalue weighted by molar-refractivity contribution is 5.95. The van der Waals surface area contributed by atoms with Crippen molar-refractivity contribution in [2.75, 3.05) is 17.7 Å². The molecule has 0 aliphatic rings. The maximum atomic E-state index is 11.9. The van der Waals surface area contributed by atoms with Crippen LogP contribution in [0.15, 0.2) is 31.0 Å². The van der Waals surface area contributed by atoms with Crippen molar-refractivity contribution in [1.82, 2.24) is 14.5 Å². The summed E-state index contributed by atoms with van der Waals surface area (Å²) in [5.74, 6) is 0.0323. The van der Waals surface area contributed by atoms with Gasteiger partial charge in [0.25, 0.3) is 0 Å². The fourth-order valence-corrected chi connectivity index (χ4v) is 1.95. The van der Waals surface area contributed by atoms with Crippen molar-refractivity contribution >= 4 is 17.5 Å². The third kappa shape index (κ3) is 3.95. The summed E-state index contributed by atoms with van der Waals surface area (Å²) in [6.45, 7) is 4.76. The maximum absolute atomic E-state index is 11.9. The van der Waals surface area contributed by atoms with E-state index in [0.29, 0.717) is 30.2 Å². The molecular formula is C14H19N5O2. The fraction of sp³-hybridized carbons (Fsp3) is 0.357.